The number of ether oxygens (including phenoxy) is 1. The van der Waals surface area contributed by atoms with Crippen LogP contribution >= 0.6 is 0 Å². The van der Waals surface area contributed by atoms with Crippen molar-refractivity contribution in [1.82, 2.24) is 9.80 Å². The summed E-state index contributed by atoms with van der Waals surface area (Å²) < 4.78 is 5.35. The van der Waals surface area contributed by atoms with Gasteiger partial charge in [-0.1, -0.05) is 12.1 Å². The maximum Gasteiger partial charge on any atom is 0.410 e. The van der Waals surface area contributed by atoms with E-state index in [-0.39, 0.29) is 30.7 Å². The molecule has 1 heterocycles. The van der Waals surface area contributed by atoms with Crippen molar-refractivity contribution in [2.24, 2.45) is 0 Å². The lowest BCUT2D eigenvalue weighted by Crippen LogP contribution is -2.51. The Morgan fingerprint density at radius 3 is 2.26 bits per heavy atom. The summed E-state index contributed by atoms with van der Waals surface area (Å²) in [7, 11) is 0. The molecule has 0 saturated carbocycles. The molecule has 1 aliphatic rings. The van der Waals surface area contributed by atoms with Crippen LogP contribution in [0.4, 0.5) is 10.5 Å². The molecule has 1 aromatic rings. The maximum atomic E-state index is 12.3. The summed E-state index contributed by atoms with van der Waals surface area (Å²) in [5.74, 6) is -0.250. The van der Waals surface area contributed by atoms with Gasteiger partial charge in [0.25, 0.3) is 0 Å². The fourth-order valence-corrected chi connectivity index (χ4v) is 2.79. The number of rotatable bonds is 4. The molecule has 1 N–H and O–H groups in total. The monoisotopic (exact) mass is 375 g/mol. The van der Waals surface area contributed by atoms with Gasteiger partial charge in [0.1, 0.15) is 5.60 Å². The molecule has 0 atom stereocenters. The summed E-state index contributed by atoms with van der Waals surface area (Å²) in [5.41, 5.74) is 1.26. The minimum atomic E-state index is -0.533. The van der Waals surface area contributed by atoms with Crippen molar-refractivity contribution in [3.8, 4) is 0 Å². The summed E-state index contributed by atoms with van der Waals surface area (Å²) in [6.45, 7) is 9.23. The quantitative estimate of drug-likeness (QED) is 0.878. The molecule has 3 amide bonds. The van der Waals surface area contributed by atoms with Gasteiger partial charge in [-0.05, 0) is 45.4 Å². The number of nitrogens with one attached hydrogen (secondary N) is 1. The second-order valence-corrected chi connectivity index (χ2v) is 7.77. The van der Waals surface area contributed by atoms with Gasteiger partial charge >= 0.3 is 6.09 Å². The number of carbonyl (C=O) groups is 3. The Hall–Kier alpha value is -2.57. The molecule has 2 rings (SSSR count). The Bertz CT molecular complexity index is 689. The van der Waals surface area contributed by atoms with Crippen LogP contribution in [-0.4, -0.2) is 59.5 Å². The van der Waals surface area contributed by atoms with E-state index in [1.807, 2.05) is 52.0 Å². The third-order valence-electron chi connectivity index (χ3n) is 4.15. The molecule has 1 fully saturated rings. The van der Waals surface area contributed by atoms with Gasteiger partial charge in [0.15, 0.2) is 0 Å². The first-order valence-electron chi connectivity index (χ1n) is 9.26. The van der Waals surface area contributed by atoms with Crippen molar-refractivity contribution in [2.45, 2.75) is 46.1 Å². The molecule has 27 heavy (non-hydrogen) atoms. The average Bonchev–Trinajstić information content (AvgIpc) is 2.58. The zero-order chi connectivity index (χ0) is 20.0. The molecule has 7 nitrogen and oxygen atoms in total. The van der Waals surface area contributed by atoms with Crippen molar-refractivity contribution in [2.75, 3.05) is 31.5 Å². The number of amides is 3. The minimum Gasteiger partial charge on any atom is -0.444 e. The van der Waals surface area contributed by atoms with Gasteiger partial charge in [-0.25, -0.2) is 4.79 Å². The zero-order valence-corrected chi connectivity index (χ0v) is 16.6. The molecule has 0 spiro atoms. The molecule has 0 radical (unpaired) electrons. The molecular weight excluding hydrogens is 346 g/mol. The molecule has 0 aromatic heterocycles. The molecule has 0 bridgehead atoms. The van der Waals surface area contributed by atoms with E-state index in [1.54, 1.807) is 9.80 Å². The van der Waals surface area contributed by atoms with Crippen LogP contribution in [0.5, 0.6) is 0 Å². The van der Waals surface area contributed by atoms with E-state index in [1.165, 1.54) is 0 Å². The number of piperazine rings is 1. The molecule has 7 heteroatoms. The summed E-state index contributed by atoms with van der Waals surface area (Å²) in [6, 6.07) is 7.54. The van der Waals surface area contributed by atoms with Crippen molar-refractivity contribution >= 4 is 23.6 Å². The van der Waals surface area contributed by atoms with E-state index in [4.69, 9.17) is 4.74 Å². The highest BCUT2D eigenvalue weighted by Crippen LogP contribution is 2.13. The second-order valence-electron chi connectivity index (χ2n) is 7.77. The molecular formula is C20H29N3O4. The summed E-state index contributed by atoms with van der Waals surface area (Å²) in [4.78, 5) is 39.7. The SMILES string of the molecule is Cc1cccc(NC(=O)CCC(=O)N2CCN(C(=O)OC(C)(C)C)CC2)c1. The lowest BCUT2D eigenvalue weighted by molar-refractivity contribution is -0.134. The first-order chi connectivity index (χ1) is 12.6. The van der Waals surface area contributed by atoms with E-state index in [9.17, 15) is 14.4 Å². The van der Waals surface area contributed by atoms with Crippen molar-refractivity contribution in [3.05, 3.63) is 29.8 Å². The predicted octanol–water partition coefficient (Wildman–Crippen LogP) is 2.79. The van der Waals surface area contributed by atoms with Gasteiger partial charge in [0, 0.05) is 44.7 Å². The van der Waals surface area contributed by atoms with E-state index in [0.29, 0.717) is 26.2 Å². The van der Waals surface area contributed by atoms with Gasteiger partial charge < -0.3 is 19.9 Å². The van der Waals surface area contributed by atoms with E-state index < -0.39 is 5.60 Å². The molecule has 1 aliphatic heterocycles. The number of hydrogen-bond acceptors (Lipinski definition) is 4. The number of aryl methyl sites for hydroxylation is 1. The Kier molecular flexibility index (Phi) is 6.82. The van der Waals surface area contributed by atoms with Crippen LogP contribution < -0.4 is 5.32 Å². The topological polar surface area (TPSA) is 79.0 Å². The Labute approximate surface area is 160 Å². The smallest absolute Gasteiger partial charge is 0.410 e. The Morgan fingerprint density at radius 2 is 1.67 bits per heavy atom. The van der Waals surface area contributed by atoms with Gasteiger partial charge in [-0.15, -0.1) is 0 Å². The lowest BCUT2D eigenvalue weighted by atomic mass is 10.2. The Balaban J connectivity index is 1.73. The molecule has 148 valence electrons. The van der Waals surface area contributed by atoms with E-state index in [2.05, 4.69) is 5.32 Å². The van der Waals surface area contributed by atoms with Crippen LogP contribution in [0.25, 0.3) is 0 Å². The second kappa shape index (κ2) is 8.88. The number of benzene rings is 1. The van der Waals surface area contributed by atoms with Crippen molar-refractivity contribution in [3.63, 3.8) is 0 Å². The minimum absolute atomic E-state index is 0.0711. The summed E-state index contributed by atoms with van der Waals surface area (Å²) >= 11 is 0. The van der Waals surface area contributed by atoms with Crippen LogP contribution in [0.15, 0.2) is 24.3 Å². The third kappa shape index (κ3) is 6.92. The predicted molar refractivity (Wildman–Crippen MR) is 103 cm³/mol. The molecule has 0 aliphatic carbocycles. The number of carbonyl (C=O) groups excluding carboxylic acids is 3. The summed E-state index contributed by atoms with van der Waals surface area (Å²) in [6.07, 6.45) is -0.0597. The summed E-state index contributed by atoms with van der Waals surface area (Å²) in [5, 5.41) is 2.81. The molecule has 0 unspecified atom stereocenters. The van der Waals surface area contributed by atoms with Crippen LogP contribution in [0.2, 0.25) is 0 Å². The van der Waals surface area contributed by atoms with Crippen LogP contribution in [0.1, 0.15) is 39.2 Å². The number of nitrogens with zero attached hydrogens (tertiary/aromatic N) is 2. The average molecular weight is 375 g/mol. The first kappa shape index (κ1) is 20.7. The molecule has 1 saturated heterocycles. The zero-order valence-electron chi connectivity index (χ0n) is 16.6. The largest absolute Gasteiger partial charge is 0.444 e. The first-order valence-corrected chi connectivity index (χ1v) is 9.26. The highest BCUT2D eigenvalue weighted by Gasteiger charge is 2.27. The third-order valence-corrected chi connectivity index (χ3v) is 4.15. The normalized spacial score (nSPS) is 14.7. The van der Waals surface area contributed by atoms with Crippen molar-refractivity contribution < 1.29 is 19.1 Å². The maximum absolute atomic E-state index is 12.3. The van der Waals surface area contributed by atoms with E-state index >= 15 is 0 Å². The Morgan fingerprint density at radius 1 is 1.04 bits per heavy atom. The van der Waals surface area contributed by atoms with Crippen LogP contribution in [0.3, 0.4) is 0 Å². The fraction of sp³-hybridized carbons (Fsp3) is 0.550. The highest BCUT2D eigenvalue weighted by molar-refractivity contribution is 5.93. The number of anilines is 1. The van der Waals surface area contributed by atoms with E-state index in [0.717, 1.165) is 11.3 Å². The van der Waals surface area contributed by atoms with Gasteiger partial charge in [-0.2, -0.15) is 0 Å². The molecule has 1 aromatic carbocycles. The number of hydrogen-bond donors (Lipinski definition) is 1. The van der Waals surface area contributed by atoms with Crippen LogP contribution in [-0.2, 0) is 14.3 Å². The van der Waals surface area contributed by atoms with Crippen molar-refractivity contribution in [1.29, 1.82) is 0 Å². The highest BCUT2D eigenvalue weighted by atomic mass is 16.6. The lowest BCUT2D eigenvalue weighted by Gasteiger charge is -2.35. The van der Waals surface area contributed by atoms with Gasteiger partial charge in [0.05, 0.1) is 0 Å². The van der Waals surface area contributed by atoms with Crippen LogP contribution in [0, 0.1) is 6.92 Å². The standard InChI is InChI=1S/C20H29N3O4/c1-15-6-5-7-16(14-15)21-17(24)8-9-18(25)22-10-12-23(13-11-22)19(26)27-20(2,3)4/h5-7,14H,8-13H2,1-4H3,(H,21,24). The van der Waals surface area contributed by atoms with Gasteiger partial charge in [0.2, 0.25) is 11.8 Å². The van der Waals surface area contributed by atoms with Gasteiger partial charge in [-0.3, -0.25) is 9.59 Å². The fourth-order valence-electron chi connectivity index (χ4n) is 2.79.